The van der Waals surface area contributed by atoms with Gasteiger partial charge in [0, 0.05) is 0 Å². The van der Waals surface area contributed by atoms with E-state index >= 15 is 0 Å². The van der Waals surface area contributed by atoms with Crippen molar-refractivity contribution < 1.29 is 48.0 Å². The maximum Gasteiger partial charge on any atom is -1.00 e. The molecule has 0 radical (unpaired) electrons. The zero-order valence-corrected chi connectivity index (χ0v) is 37.1. The molecule has 0 nitrogen and oxygen atoms in total. The van der Waals surface area contributed by atoms with E-state index in [0.29, 0.717) is 7.25 Å². The number of rotatable bonds is 3. The second-order valence-corrected chi connectivity index (χ2v) is 25.8. The summed E-state index contributed by atoms with van der Waals surface area (Å²) < 4.78 is 1.31. The van der Waals surface area contributed by atoms with Gasteiger partial charge in [0.25, 0.3) is 0 Å². The zero-order valence-electron chi connectivity index (χ0n) is 32.1. The average Bonchev–Trinajstić information content (AvgIpc) is 3.56. The van der Waals surface area contributed by atoms with E-state index in [1.165, 1.54) is 65.5 Å². The van der Waals surface area contributed by atoms with Gasteiger partial charge >= 0.3 is 311 Å². The van der Waals surface area contributed by atoms with E-state index in [2.05, 4.69) is 147 Å². The van der Waals surface area contributed by atoms with Crippen molar-refractivity contribution in [2.75, 3.05) is 0 Å². The quantitative estimate of drug-likeness (QED) is 0.188. The Morgan fingerprint density at radius 2 is 0.941 bits per heavy atom. The van der Waals surface area contributed by atoms with Crippen LogP contribution in [0.25, 0.3) is 32.6 Å². The first-order chi connectivity index (χ1) is 23.3. The van der Waals surface area contributed by atoms with Crippen molar-refractivity contribution in [3.63, 3.8) is 0 Å². The van der Waals surface area contributed by atoms with Crippen molar-refractivity contribution in [3.05, 3.63) is 129 Å². The van der Waals surface area contributed by atoms with Gasteiger partial charge in [0.15, 0.2) is 0 Å². The van der Waals surface area contributed by atoms with Crippen LogP contribution in [0.2, 0.25) is 12.1 Å². The van der Waals surface area contributed by atoms with Crippen LogP contribution in [-0.4, -0.2) is 8.07 Å². The molecule has 4 aliphatic rings. The summed E-state index contributed by atoms with van der Waals surface area (Å²) in [6.07, 6.45) is 6.96. The Bertz CT molecular complexity index is 1880. The van der Waals surface area contributed by atoms with Gasteiger partial charge in [0.1, 0.15) is 0 Å². The van der Waals surface area contributed by atoms with E-state index in [9.17, 15) is 0 Å². The Kier molecular flexibility index (Phi) is 10.7. The molecule has 4 aromatic carbocycles. The van der Waals surface area contributed by atoms with Gasteiger partial charge in [-0.05, 0) is 0 Å². The van der Waals surface area contributed by atoms with Crippen LogP contribution in [0.5, 0.6) is 0 Å². The van der Waals surface area contributed by atoms with Gasteiger partial charge in [-0.1, -0.05) is 0 Å². The smallest absolute Gasteiger partial charge is 1.00 e. The third-order valence-corrected chi connectivity index (χ3v) is 23.8. The van der Waals surface area contributed by atoms with Crippen molar-refractivity contribution >= 4 is 18.5 Å². The summed E-state index contributed by atoms with van der Waals surface area (Å²) in [4.78, 5) is 0. The normalized spacial score (nSPS) is 22.5. The summed E-state index contributed by atoms with van der Waals surface area (Å²) in [5.74, 6) is 0. The molecule has 0 N–H and O–H groups in total. The first-order valence-corrected chi connectivity index (χ1v) is 24.4. The molecule has 4 aromatic rings. The Morgan fingerprint density at radius 1 is 0.549 bits per heavy atom. The summed E-state index contributed by atoms with van der Waals surface area (Å²) in [6.45, 7) is 22.0. The first kappa shape index (κ1) is 38.8. The Balaban J connectivity index is 0.00000224. The molecule has 1 saturated carbocycles. The van der Waals surface area contributed by atoms with Crippen LogP contribution in [0.3, 0.4) is 0 Å². The molecule has 4 bridgehead atoms. The molecule has 2 unspecified atom stereocenters. The van der Waals surface area contributed by atoms with Crippen LogP contribution in [-0.2, 0) is 34.1 Å². The molecule has 1 aliphatic heterocycles. The minimum atomic E-state index is -2.25. The van der Waals surface area contributed by atoms with Crippen molar-refractivity contribution in [3.8, 4) is 22.3 Å². The molecule has 0 saturated heterocycles. The Morgan fingerprint density at radius 3 is 1.31 bits per heavy atom. The molecule has 4 heteroatoms. The minimum Gasteiger partial charge on any atom is -1.00 e. The monoisotopic (exact) mass is 806 g/mol. The molecular formula is C47H54Cl2SiZr. The fourth-order valence-corrected chi connectivity index (χ4v) is 21.9. The van der Waals surface area contributed by atoms with Gasteiger partial charge in [-0.2, -0.15) is 0 Å². The molecule has 1 fully saturated rings. The van der Waals surface area contributed by atoms with Crippen LogP contribution in [0.1, 0.15) is 128 Å². The van der Waals surface area contributed by atoms with Crippen LogP contribution in [0.15, 0.2) is 96.1 Å². The minimum absolute atomic E-state index is 0. The fraction of sp³-hybridized carbons (Fsp3) is 0.404. The Hall–Kier alpha value is -1.96. The number of hydrogen-bond donors (Lipinski definition) is 0. The van der Waals surface area contributed by atoms with Crippen molar-refractivity contribution in [1.29, 1.82) is 0 Å². The summed E-state index contributed by atoms with van der Waals surface area (Å²) in [5.41, 5.74) is 20.0. The standard InChI is InChI=1S/C47H54Si.2ClH.Zr/c1-31-29-35-15-13-19-40(33-21-25-37(26-22-33)46(3,4)5)42(35)44(31)48(9,39-17-11-10-12-18-39)45-32(2)30-36-16-14-20-41(43(36)45)34-23-27-38(28-24-34)47(6,7)8;;;/h13-16,19-30,39H,10-12,17-18H2,1-9H3;2*1H;/q;;;+2/p-2. The van der Waals surface area contributed by atoms with E-state index in [1.54, 1.807) is 33.4 Å². The molecule has 0 spiro atoms. The molecule has 2 atom stereocenters. The molecule has 0 amide bonds. The topological polar surface area (TPSA) is 0 Å². The number of hydrogen-bond acceptors (Lipinski definition) is 0. The molecule has 264 valence electrons. The molecule has 8 rings (SSSR count). The van der Waals surface area contributed by atoms with E-state index < -0.39 is 31.3 Å². The second kappa shape index (κ2) is 14.0. The van der Waals surface area contributed by atoms with Crippen molar-refractivity contribution in [1.82, 2.24) is 0 Å². The summed E-state index contributed by atoms with van der Waals surface area (Å²) in [5, 5.41) is 3.68. The number of benzene rings is 4. The second-order valence-electron chi connectivity index (χ2n) is 17.9. The summed E-state index contributed by atoms with van der Waals surface area (Å²) in [7, 11) is -2.25. The fourth-order valence-electron chi connectivity index (χ4n) is 10.3. The number of allylic oxidation sites excluding steroid dienone is 2. The SMILES string of the molecule is CC1=C2c3c(-c4ccc(C(C)(C)C)cc4)cccc3[CH]1[Zr+2][CH]1C(C)=C(c3c(-c4ccc(C(C)(C)C)cc4)cccc31)[Si]2(C)C1CCCCC1.[Cl-].[Cl-]. The summed E-state index contributed by atoms with van der Waals surface area (Å²) >= 11 is -0.952. The molecule has 1 heterocycles. The van der Waals surface area contributed by atoms with E-state index in [1.807, 2.05) is 10.4 Å². The Labute approximate surface area is 333 Å². The molecule has 51 heavy (non-hydrogen) atoms. The van der Waals surface area contributed by atoms with Gasteiger partial charge in [0.2, 0.25) is 0 Å². The average molecular weight is 809 g/mol. The molecule has 3 aliphatic carbocycles. The van der Waals surface area contributed by atoms with E-state index in [4.69, 9.17) is 0 Å². The zero-order chi connectivity index (χ0) is 34.5. The van der Waals surface area contributed by atoms with Crippen molar-refractivity contribution in [2.24, 2.45) is 0 Å². The van der Waals surface area contributed by atoms with Gasteiger partial charge in [-0.15, -0.1) is 0 Å². The van der Waals surface area contributed by atoms with Gasteiger partial charge in [-0.3, -0.25) is 0 Å². The van der Waals surface area contributed by atoms with E-state index in [0.717, 1.165) is 5.54 Å². The molecule has 0 aromatic heterocycles. The van der Waals surface area contributed by atoms with Crippen LogP contribution in [0.4, 0.5) is 0 Å². The third-order valence-electron chi connectivity index (χ3n) is 12.9. The maximum absolute atomic E-state index is 2.86. The summed E-state index contributed by atoms with van der Waals surface area (Å²) in [6, 6.07) is 34.1. The third kappa shape index (κ3) is 6.21. The predicted molar refractivity (Wildman–Crippen MR) is 210 cm³/mol. The first-order valence-electron chi connectivity index (χ1n) is 19.0. The van der Waals surface area contributed by atoms with Gasteiger partial charge in [0.05, 0.1) is 0 Å². The van der Waals surface area contributed by atoms with Gasteiger partial charge in [-0.25, -0.2) is 0 Å². The predicted octanol–water partition coefficient (Wildman–Crippen LogP) is 7.57. The maximum atomic E-state index is 2.86. The van der Waals surface area contributed by atoms with Crippen LogP contribution >= 0.6 is 0 Å². The van der Waals surface area contributed by atoms with Crippen LogP contribution < -0.4 is 24.8 Å². The largest absolute Gasteiger partial charge is 1.00 e. The number of halogens is 2. The number of fused-ring (bicyclic) bond motifs is 8. The van der Waals surface area contributed by atoms with Crippen molar-refractivity contribution in [2.45, 2.75) is 118 Å². The van der Waals surface area contributed by atoms with E-state index in [-0.39, 0.29) is 35.6 Å². The molecular weight excluding hydrogens is 755 g/mol. The van der Waals surface area contributed by atoms with Crippen LogP contribution in [0, 0.1) is 0 Å². The van der Waals surface area contributed by atoms with Gasteiger partial charge < -0.3 is 24.8 Å².